The molecule has 3 rings (SSSR count). The minimum atomic E-state index is -0.518. The van der Waals surface area contributed by atoms with Crippen molar-refractivity contribution in [3.63, 3.8) is 0 Å². The molecular formula is C20H21N3O3. The standard InChI is InChI=1S/C20H21N3O3/c1-12(21)20(26)23-10-4-9-22-13-7-8-16-17(11-13)19(25)15-6-3-2-5-14(15)18(16)24/h2-3,5-8,11-12,22H,4,9-10,21H2,1H3,(H,23,26)/t12-/m0/s1. The zero-order valence-electron chi connectivity index (χ0n) is 14.5. The second-order valence-electron chi connectivity index (χ2n) is 6.32. The molecule has 6 nitrogen and oxygen atoms in total. The van der Waals surface area contributed by atoms with Gasteiger partial charge in [-0.25, -0.2) is 0 Å². The van der Waals surface area contributed by atoms with E-state index < -0.39 is 6.04 Å². The Morgan fingerprint density at radius 2 is 1.58 bits per heavy atom. The molecule has 1 aliphatic carbocycles. The van der Waals surface area contributed by atoms with Crippen molar-refractivity contribution in [1.82, 2.24) is 5.32 Å². The molecule has 0 fully saturated rings. The van der Waals surface area contributed by atoms with E-state index in [2.05, 4.69) is 10.6 Å². The van der Waals surface area contributed by atoms with Gasteiger partial charge in [0.1, 0.15) is 0 Å². The maximum absolute atomic E-state index is 12.7. The van der Waals surface area contributed by atoms with Crippen LogP contribution in [0, 0.1) is 0 Å². The average molecular weight is 351 g/mol. The van der Waals surface area contributed by atoms with E-state index in [-0.39, 0.29) is 17.5 Å². The molecule has 0 aliphatic heterocycles. The molecular weight excluding hydrogens is 330 g/mol. The van der Waals surface area contributed by atoms with Crippen molar-refractivity contribution < 1.29 is 14.4 Å². The number of nitrogens with one attached hydrogen (secondary N) is 2. The first kappa shape index (κ1) is 17.8. The summed E-state index contributed by atoms with van der Waals surface area (Å²) in [7, 11) is 0. The number of hydrogen-bond donors (Lipinski definition) is 3. The number of rotatable bonds is 6. The highest BCUT2D eigenvalue weighted by Crippen LogP contribution is 2.29. The molecule has 0 unspecified atom stereocenters. The largest absolute Gasteiger partial charge is 0.385 e. The van der Waals surface area contributed by atoms with Crippen molar-refractivity contribution in [2.45, 2.75) is 19.4 Å². The summed E-state index contributed by atoms with van der Waals surface area (Å²) in [5.74, 6) is -0.440. The van der Waals surface area contributed by atoms with E-state index in [1.807, 2.05) is 0 Å². The predicted molar refractivity (Wildman–Crippen MR) is 99.5 cm³/mol. The zero-order chi connectivity index (χ0) is 18.7. The van der Waals surface area contributed by atoms with Gasteiger partial charge in [0.2, 0.25) is 5.91 Å². The van der Waals surface area contributed by atoms with Gasteiger partial charge in [-0.2, -0.15) is 0 Å². The Kier molecular flexibility index (Phi) is 5.14. The summed E-state index contributed by atoms with van der Waals surface area (Å²) in [5, 5.41) is 5.95. The number of hydrogen-bond acceptors (Lipinski definition) is 5. The van der Waals surface area contributed by atoms with Crippen LogP contribution in [0.4, 0.5) is 5.69 Å². The molecule has 0 heterocycles. The summed E-state index contributed by atoms with van der Waals surface area (Å²) in [4.78, 5) is 36.6. The van der Waals surface area contributed by atoms with E-state index >= 15 is 0 Å². The lowest BCUT2D eigenvalue weighted by Gasteiger charge is -2.18. The fourth-order valence-electron chi connectivity index (χ4n) is 2.90. The van der Waals surface area contributed by atoms with Gasteiger partial charge in [0.15, 0.2) is 11.6 Å². The summed E-state index contributed by atoms with van der Waals surface area (Å²) in [6.07, 6.45) is 0.714. The number of carbonyl (C=O) groups is 3. The molecule has 1 atom stereocenters. The number of amides is 1. The number of ketones is 2. The first-order valence-electron chi connectivity index (χ1n) is 8.58. The molecule has 2 aromatic carbocycles. The van der Waals surface area contributed by atoms with Gasteiger partial charge in [-0.15, -0.1) is 0 Å². The molecule has 0 bridgehead atoms. The van der Waals surface area contributed by atoms with Gasteiger partial charge < -0.3 is 16.4 Å². The normalized spacial score (nSPS) is 13.6. The van der Waals surface area contributed by atoms with Crippen molar-refractivity contribution in [3.05, 3.63) is 64.7 Å². The molecule has 0 saturated carbocycles. The Labute approximate surface area is 151 Å². The highest BCUT2D eigenvalue weighted by molar-refractivity contribution is 6.28. The monoisotopic (exact) mass is 351 g/mol. The molecule has 0 spiro atoms. The molecule has 6 heteroatoms. The third kappa shape index (κ3) is 3.50. The number of nitrogens with two attached hydrogens (primary N) is 1. The van der Waals surface area contributed by atoms with Crippen molar-refractivity contribution in [1.29, 1.82) is 0 Å². The Bertz CT molecular complexity index is 874. The van der Waals surface area contributed by atoms with Crippen LogP contribution < -0.4 is 16.4 Å². The molecule has 26 heavy (non-hydrogen) atoms. The highest BCUT2D eigenvalue weighted by Gasteiger charge is 2.29. The summed E-state index contributed by atoms with van der Waals surface area (Å²) in [5.41, 5.74) is 8.00. The van der Waals surface area contributed by atoms with E-state index in [1.165, 1.54) is 0 Å². The van der Waals surface area contributed by atoms with Gasteiger partial charge in [-0.05, 0) is 31.5 Å². The van der Waals surface area contributed by atoms with Gasteiger partial charge in [-0.1, -0.05) is 24.3 Å². The van der Waals surface area contributed by atoms with Gasteiger partial charge in [0.25, 0.3) is 0 Å². The van der Waals surface area contributed by atoms with Gasteiger partial charge in [-0.3, -0.25) is 14.4 Å². The minimum absolute atomic E-state index is 0.125. The lowest BCUT2D eigenvalue weighted by Crippen LogP contribution is -2.39. The Balaban J connectivity index is 1.65. The molecule has 0 aromatic heterocycles. The van der Waals surface area contributed by atoms with Gasteiger partial charge in [0.05, 0.1) is 6.04 Å². The maximum Gasteiger partial charge on any atom is 0.236 e. The molecule has 1 amide bonds. The van der Waals surface area contributed by atoms with Crippen LogP contribution in [0.2, 0.25) is 0 Å². The number of fused-ring (bicyclic) bond motifs is 2. The summed E-state index contributed by atoms with van der Waals surface area (Å²) < 4.78 is 0. The number of benzene rings is 2. The SMILES string of the molecule is C[C@H](N)C(=O)NCCCNc1ccc2c(c1)C(=O)c1ccccc1C2=O. The first-order valence-corrected chi connectivity index (χ1v) is 8.58. The van der Waals surface area contributed by atoms with E-state index in [0.29, 0.717) is 41.8 Å². The van der Waals surface area contributed by atoms with E-state index in [9.17, 15) is 14.4 Å². The third-order valence-corrected chi connectivity index (χ3v) is 4.32. The topological polar surface area (TPSA) is 101 Å². The lowest BCUT2D eigenvalue weighted by molar-refractivity contribution is -0.121. The van der Waals surface area contributed by atoms with Crippen molar-refractivity contribution in [2.75, 3.05) is 18.4 Å². The zero-order valence-corrected chi connectivity index (χ0v) is 14.5. The van der Waals surface area contributed by atoms with Crippen LogP contribution in [0.15, 0.2) is 42.5 Å². The minimum Gasteiger partial charge on any atom is -0.385 e. The molecule has 0 radical (unpaired) electrons. The smallest absolute Gasteiger partial charge is 0.236 e. The van der Waals surface area contributed by atoms with E-state index in [0.717, 1.165) is 5.69 Å². The van der Waals surface area contributed by atoms with Crippen LogP contribution in [0.25, 0.3) is 0 Å². The number of carbonyl (C=O) groups excluding carboxylic acids is 3. The summed E-state index contributed by atoms with van der Waals surface area (Å²) in [6, 6.07) is 11.6. The Hall–Kier alpha value is -2.99. The highest BCUT2D eigenvalue weighted by atomic mass is 16.2. The second kappa shape index (κ2) is 7.49. The third-order valence-electron chi connectivity index (χ3n) is 4.32. The van der Waals surface area contributed by atoms with Gasteiger partial charge >= 0.3 is 0 Å². The molecule has 2 aromatic rings. The molecule has 134 valence electrons. The van der Waals surface area contributed by atoms with Crippen LogP contribution in [-0.2, 0) is 4.79 Å². The molecule has 4 N–H and O–H groups in total. The quantitative estimate of drug-likeness (QED) is 0.587. The first-order chi connectivity index (χ1) is 12.5. The van der Waals surface area contributed by atoms with Crippen LogP contribution >= 0.6 is 0 Å². The van der Waals surface area contributed by atoms with E-state index in [4.69, 9.17) is 5.73 Å². The fourth-order valence-corrected chi connectivity index (χ4v) is 2.90. The van der Waals surface area contributed by atoms with E-state index in [1.54, 1.807) is 49.4 Å². The summed E-state index contributed by atoms with van der Waals surface area (Å²) >= 11 is 0. The van der Waals surface area contributed by atoms with Crippen LogP contribution in [0.3, 0.4) is 0 Å². The Morgan fingerprint density at radius 3 is 2.23 bits per heavy atom. The van der Waals surface area contributed by atoms with Crippen LogP contribution in [0.5, 0.6) is 0 Å². The predicted octanol–water partition coefficient (Wildman–Crippen LogP) is 1.73. The molecule has 1 aliphatic rings. The van der Waals surface area contributed by atoms with Crippen LogP contribution in [-0.4, -0.2) is 36.6 Å². The maximum atomic E-state index is 12.7. The van der Waals surface area contributed by atoms with Crippen molar-refractivity contribution in [3.8, 4) is 0 Å². The van der Waals surface area contributed by atoms with Crippen molar-refractivity contribution in [2.24, 2.45) is 5.73 Å². The van der Waals surface area contributed by atoms with Gasteiger partial charge in [0, 0.05) is 41.0 Å². The number of anilines is 1. The van der Waals surface area contributed by atoms with Crippen LogP contribution in [0.1, 0.15) is 45.2 Å². The fraction of sp³-hybridized carbons (Fsp3) is 0.250. The average Bonchev–Trinajstić information content (AvgIpc) is 2.65. The summed E-state index contributed by atoms with van der Waals surface area (Å²) in [6.45, 7) is 2.77. The molecule has 0 saturated heterocycles. The lowest BCUT2D eigenvalue weighted by atomic mass is 9.84. The van der Waals surface area contributed by atoms with Crippen molar-refractivity contribution >= 4 is 23.2 Å². The second-order valence-corrected chi connectivity index (χ2v) is 6.32. The Morgan fingerprint density at radius 1 is 0.962 bits per heavy atom.